The van der Waals surface area contributed by atoms with Gasteiger partial charge in [0, 0.05) is 50.0 Å². The van der Waals surface area contributed by atoms with Crippen molar-refractivity contribution in [2.45, 2.75) is 13.3 Å². The van der Waals surface area contributed by atoms with Crippen LogP contribution < -0.4 is 19.7 Å². The average Bonchev–Trinajstić information content (AvgIpc) is 2.94. The van der Waals surface area contributed by atoms with E-state index in [2.05, 4.69) is 46.3 Å². The molecule has 1 saturated heterocycles. The minimum absolute atomic E-state index is 0.00108. The summed E-state index contributed by atoms with van der Waals surface area (Å²) in [6.07, 6.45) is 0.866. The first-order valence-corrected chi connectivity index (χ1v) is 9.91. The molecular formula is C22H27N3O3. The summed E-state index contributed by atoms with van der Waals surface area (Å²) in [5.74, 6) is 1.43. The number of carbonyl (C=O) groups is 1. The van der Waals surface area contributed by atoms with Gasteiger partial charge in [-0.3, -0.25) is 9.69 Å². The molecule has 1 fully saturated rings. The topological polar surface area (TPSA) is 54.0 Å². The molecule has 6 nitrogen and oxygen atoms in total. The van der Waals surface area contributed by atoms with E-state index in [0.717, 1.165) is 44.0 Å². The van der Waals surface area contributed by atoms with Gasteiger partial charge in [0.05, 0.1) is 19.8 Å². The second kappa shape index (κ2) is 8.52. The highest BCUT2D eigenvalue weighted by Crippen LogP contribution is 2.32. The normalized spacial score (nSPS) is 17.1. The number of nitrogens with zero attached hydrogens (tertiary/aromatic N) is 2. The molecule has 0 atom stereocenters. The highest BCUT2D eigenvalue weighted by molar-refractivity contribution is 5.92. The number of nitrogens with one attached hydrogen (secondary N) is 1. The Morgan fingerprint density at radius 3 is 2.54 bits per heavy atom. The predicted octanol–water partition coefficient (Wildman–Crippen LogP) is 2.92. The van der Waals surface area contributed by atoms with Crippen LogP contribution in [0.4, 0.5) is 11.4 Å². The van der Waals surface area contributed by atoms with Crippen LogP contribution in [0.5, 0.6) is 11.5 Å². The molecule has 0 bridgehead atoms. The number of amides is 1. The molecule has 28 heavy (non-hydrogen) atoms. The number of piperazine rings is 1. The van der Waals surface area contributed by atoms with Crippen molar-refractivity contribution < 1.29 is 14.3 Å². The molecule has 4 rings (SSSR count). The number of hydrogen-bond acceptors (Lipinski definition) is 5. The van der Waals surface area contributed by atoms with Crippen molar-refractivity contribution in [1.29, 1.82) is 0 Å². The monoisotopic (exact) mass is 381 g/mol. The maximum atomic E-state index is 12.5. The van der Waals surface area contributed by atoms with Crippen LogP contribution in [0.25, 0.3) is 0 Å². The fourth-order valence-electron chi connectivity index (χ4n) is 3.71. The number of carbonyl (C=O) groups excluding carboxylic acids is 1. The Bertz CT molecular complexity index is 832. The number of rotatable bonds is 4. The standard InChI is InChI=1S/C22H27N3O3/c1-17-5-2-3-6-19(17)25-11-9-24(10-12-25)16-22(26)23-18-7-8-20-21(15-18)28-14-4-13-27-20/h2-3,5-8,15H,4,9-14,16H2,1H3,(H,23,26). The molecule has 0 spiro atoms. The SMILES string of the molecule is Cc1ccccc1N1CCN(CC(=O)Nc2ccc3c(c2)OCCCO3)CC1. The molecule has 2 heterocycles. The molecule has 148 valence electrons. The quantitative estimate of drug-likeness (QED) is 0.883. The zero-order valence-corrected chi connectivity index (χ0v) is 16.3. The molecular weight excluding hydrogens is 354 g/mol. The summed E-state index contributed by atoms with van der Waals surface area (Å²) >= 11 is 0. The summed E-state index contributed by atoms with van der Waals surface area (Å²) in [6, 6.07) is 14.0. The molecule has 0 aliphatic carbocycles. The smallest absolute Gasteiger partial charge is 0.238 e. The Kier molecular flexibility index (Phi) is 5.67. The second-order valence-electron chi connectivity index (χ2n) is 7.31. The zero-order valence-electron chi connectivity index (χ0n) is 16.3. The molecule has 2 aromatic rings. The highest BCUT2D eigenvalue weighted by atomic mass is 16.5. The van der Waals surface area contributed by atoms with Gasteiger partial charge in [-0.2, -0.15) is 0 Å². The van der Waals surface area contributed by atoms with E-state index >= 15 is 0 Å². The molecule has 0 aromatic heterocycles. The second-order valence-corrected chi connectivity index (χ2v) is 7.31. The number of anilines is 2. The van der Waals surface area contributed by atoms with Crippen molar-refractivity contribution in [1.82, 2.24) is 4.90 Å². The van der Waals surface area contributed by atoms with Crippen LogP contribution in [0.1, 0.15) is 12.0 Å². The van der Waals surface area contributed by atoms with Crippen molar-refractivity contribution in [3.8, 4) is 11.5 Å². The van der Waals surface area contributed by atoms with Crippen molar-refractivity contribution >= 4 is 17.3 Å². The van der Waals surface area contributed by atoms with Gasteiger partial charge in [-0.15, -0.1) is 0 Å². The average molecular weight is 381 g/mol. The number of benzene rings is 2. The van der Waals surface area contributed by atoms with Gasteiger partial charge in [-0.1, -0.05) is 18.2 Å². The number of fused-ring (bicyclic) bond motifs is 1. The molecule has 0 radical (unpaired) electrons. The Hall–Kier alpha value is -2.73. The lowest BCUT2D eigenvalue weighted by Gasteiger charge is -2.36. The van der Waals surface area contributed by atoms with E-state index in [1.165, 1.54) is 11.3 Å². The molecule has 0 unspecified atom stereocenters. The van der Waals surface area contributed by atoms with Crippen LogP contribution in [-0.4, -0.2) is 56.7 Å². The van der Waals surface area contributed by atoms with Crippen molar-refractivity contribution in [3.05, 3.63) is 48.0 Å². The first-order valence-electron chi connectivity index (χ1n) is 9.91. The third-order valence-electron chi connectivity index (χ3n) is 5.23. The van der Waals surface area contributed by atoms with Crippen LogP contribution in [0.3, 0.4) is 0 Å². The van der Waals surface area contributed by atoms with E-state index < -0.39 is 0 Å². The molecule has 6 heteroatoms. The van der Waals surface area contributed by atoms with E-state index in [1.54, 1.807) is 0 Å². The lowest BCUT2D eigenvalue weighted by Crippen LogP contribution is -2.48. The van der Waals surface area contributed by atoms with Gasteiger partial charge in [0.15, 0.2) is 11.5 Å². The van der Waals surface area contributed by atoms with Gasteiger partial charge in [0.25, 0.3) is 0 Å². The minimum atomic E-state index is -0.00108. The summed E-state index contributed by atoms with van der Waals surface area (Å²) in [6.45, 7) is 7.46. The molecule has 1 N–H and O–H groups in total. The summed E-state index contributed by atoms with van der Waals surface area (Å²) in [7, 11) is 0. The molecule has 2 aliphatic rings. The van der Waals surface area contributed by atoms with Crippen LogP contribution in [0.15, 0.2) is 42.5 Å². The summed E-state index contributed by atoms with van der Waals surface area (Å²) < 4.78 is 11.3. The first kappa shape index (κ1) is 18.6. The Labute approximate surface area is 166 Å². The largest absolute Gasteiger partial charge is 0.490 e. The van der Waals surface area contributed by atoms with E-state index in [4.69, 9.17) is 9.47 Å². The van der Waals surface area contributed by atoms with Gasteiger partial charge < -0.3 is 19.7 Å². The lowest BCUT2D eigenvalue weighted by molar-refractivity contribution is -0.117. The van der Waals surface area contributed by atoms with Gasteiger partial charge in [-0.05, 0) is 30.7 Å². The van der Waals surface area contributed by atoms with E-state index in [9.17, 15) is 4.79 Å². The van der Waals surface area contributed by atoms with Gasteiger partial charge in [0.2, 0.25) is 5.91 Å². The maximum Gasteiger partial charge on any atom is 0.238 e. The number of aryl methyl sites for hydroxylation is 1. The van der Waals surface area contributed by atoms with Gasteiger partial charge in [-0.25, -0.2) is 0 Å². The Morgan fingerprint density at radius 2 is 1.75 bits per heavy atom. The zero-order chi connectivity index (χ0) is 19.3. The predicted molar refractivity (Wildman–Crippen MR) is 111 cm³/mol. The maximum absolute atomic E-state index is 12.5. The van der Waals surface area contributed by atoms with Crippen molar-refractivity contribution in [2.75, 3.05) is 56.2 Å². The van der Waals surface area contributed by atoms with Gasteiger partial charge >= 0.3 is 0 Å². The van der Waals surface area contributed by atoms with E-state index in [1.807, 2.05) is 18.2 Å². The number of para-hydroxylation sites is 1. The van der Waals surface area contributed by atoms with E-state index in [0.29, 0.717) is 25.5 Å². The summed E-state index contributed by atoms with van der Waals surface area (Å²) in [5.41, 5.74) is 3.33. The Morgan fingerprint density at radius 1 is 1.00 bits per heavy atom. The molecule has 2 aliphatic heterocycles. The highest BCUT2D eigenvalue weighted by Gasteiger charge is 2.20. The fourth-order valence-corrected chi connectivity index (χ4v) is 3.71. The third-order valence-corrected chi connectivity index (χ3v) is 5.23. The van der Waals surface area contributed by atoms with Crippen molar-refractivity contribution in [2.24, 2.45) is 0 Å². The Balaban J connectivity index is 1.29. The van der Waals surface area contributed by atoms with Crippen LogP contribution in [0, 0.1) is 6.92 Å². The minimum Gasteiger partial charge on any atom is -0.490 e. The first-order chi connectivity index (χ1) is 13.7. The fraction of sp³-hybridized carbons (Fsp3) is 0.409. The summed E-state index contributed by atoms with van der Waals surface area (Å²) in [5, 5.41) is 2.98. The molecule has 0 saturated carbocycles. The lowest BCUT2D eigenvalue weighted by atomic mass is 10.1. The number of ether oxygens (including phenoxy) is 2. The van der Waals surface area contributed by atoms with Crippen molar-refractivity contribution in [3.63, 3.8) is 0 Å². The molecule has 2 aromatic carbocycles. The van der Waals surface area contributed by atoms with Gasteiger partial charge in [0.1, 0.15) is 0 Å². The number of hydrogen-bond donors (Lipinski definition) is 1. The summed E-state index contributed by atoms with van der Waals surface area (Å²) in [4.78, 5) is 17.1. The van der Waals surface area contributed by atoms with E-state index in [-0.39, 0.29) is 5.91 Å². The third kappa shape index (κ3) is 4.39. The van der Waals surface area contributed by atoms with Crippen LogP contribution >= 0.6 is 0 Å². The van der Waals surface area contributed by atoms with Crippen LogP contribution in [-0.2, 0) is 4.79 Å². The molecule has 1 amide bonds. The van der Waals surface area contributed by atoms with Crippen LogP contribution in [0.2, 0.25) is 0 Å².